The van der Waals surface area contributed by atoms with E-state index in [1.165, 1.54) is 24.1 Å². The molecule has 2 heteroatoms. The van der Waals surface area contributed by atoms with Crippen LogP contribution in [0.3, 0.4) is 0 Å². The fraction of sp³-hybridized carbons (Fsp3) is 0.647. The highest BCUT2D eigenvalue weighted by molar-refractivity contribution is 5.56. The summed E-state index contributed by atoms with van der Waals surface area (Å²) in [5.41, 5.74) is 9.28. The van der Waals surface area contributed by atoms with Gasteiger partial charge in [0.05, 0.1) is 0 Å². The van der Waals surface area contributed by atoms with Gasteiger partial charge >= 0.3 is 0 Å². The molecular weight excluding hydrogens is 232 g/mol. The number of benzene rings is 1. The van der Waals surface area contributed by atoms with Crippen molar-refractivity contribution in [2.45, 2.75) is 52.5 Å². The van der Waals surface area contributed by atoms with Gasteiger partial charge in [0.1, 0.15) is 0 Å². The van der Waals surface area contributed by atoms with Crippen LogP contribution in [0.15, 0.2) is 24.3 Å². The fourth-order valence-electron chi connectivity index (χ4n) is 3.19. The number of nitrogens with two attached hydrogens (primary N) is 1. The van der Waals surface area contributed by atoms with Crippen LogP contribution in [0, 0.1) is 5.41 Å². The van der Waals surface area contributed by atoms with E-state index in [9.17, 15) is 0 Å². The maximum absolute atomic E-state index is 6.08. The van der Waals surface area contributed by atoms with Crippen LogP contribution >= 0.6 is 0 Å². The van der Waals surface area contributed by atoms with Gasteiger partial charge in [-0.05, 0) is 56.2 Å². The summed E-state index contributed by atoms with van der Waals surface area (Å²) in [5, 5.41) is 0. The molecule has 1 heterocycles. The first-order chi connectivity index (χ1) is 9.15. The van der Waals surface area contributed by atoms with Gasteiger partial charge in [-0.1, -0.05) is 32.0 Å². The molecule has 2 nitrogen and oxygen atoms in total. The number of para-hydroxylation sites is 1. The van der Waals surface area contributed by atoms with Gasteiger partial charge in [0.2, 0.25) is 0 Å². The molecule has 19 heavy (non-hydrogen) atoms. The quantitative estimate of drug-likeness (QED) is 0.876. The fourth-order valence-corrected chi connectivity index (χ4v) is 3.19. The standard InChI is InChI=1S/C17H28N2/c1-4-17(5-2,12-18)13-19-14(3)10-11-15-8-6-7-9-16(15)19/h6-9,14H,4-5,10-13,18H2,1-3H3. The molecule has 1 atom stereocenters. The molecule has 1 aliphatic rings. The van der Waals surface area contributed by atoms with Crippen molar-refractivity contribution in [2.75, 3.05) is 18.0 Å². The predicted molar refractivity (Wildman–Crippen MR) is 83.6 cm³/mol. The Labute approximate surface area is 118 Å². The molecular formula is C17H28N2. The van der Waals surface area contributed by atoms with E-state index in [2.05, 4.69) is 49.9 Å². The van der Waals surface area contributed by atoms with Crippen molar-refractivity contribution in [3.63, 3.8) is 0 Å². The first-order valence-electron chi connectivity index (χ1n) is 7.70. The van der Waals surface area contributed by atoms with Crippen molar-refractivity contribution >= 4 is 5.69 Å². The lowest BCUT2D eigenvalue weighted by atomic mass is 9.80. The molecule has 0 saturated heterocycles. The number of hydrogen-bond acceptors (Lipinski definition) is 2. The summed E-state index contributed by atoms with van der Waals surface area (Å²) in [7, 11) is 0. The van der Waals surface area contributed by atoms with Crippen molar-refractivity contribution in [2.24, 2.45) is 11.1 Å². The van der Waals surface area contributed by atoms with E-state index in [0.717, 1.165) is 25.9 Å². The minimum Gasteiger partial charge on any atom is -0.368 e. The van der Waals surface area contributed by atoms with E-state index in [1.807, 2.05) is 0 Å². The van der Waals surface area contributed by atoms with Crippen molar-refractivity contribution in [1.82, 2.24) is 0 Å². The van der Waals surface area contributed by atoms with E-state index in [4.69, 9.17) is 5.73 Å². The summed E-state index contributed by atoms with van der Waals surface area (Å²) < 4.78 is 0. The summed E-state index contributed by atoms with van der Waals surface area (Å²) >= 11 is 0. The average molecular weight is 260 g/mol. The summed E-state index contributed by atoms with van der Waals surface area (Å²) in [6.45, 7) is 8.77. The molecule has 2 N–H and O–H groups in total. The van der Waals surface area contributed by atoms with Gasteiger partial charge in [-0.3, -0.25) is 0 Å². The second-order valence-electron chi connectivity index (χ2n) is 6.06. The largest absolute Gasteiger partial charge is 0.368 e. The lowest BCUT2D eigenvalue weighted by Crippen LogP contribution is -2.47. The summed E-state index contributed by atoms with van der Waals surface area (Å²) in [6, 6.07) is 9.49. The highest BCUT2D eigenvalue weighted by Crippen LogP contribution is 2.35. The monoisotopic (exact) mass is 260 g/mol. The third-order valence-corrected chi connectivity index (χ3v) is 5.10. The van der Waals surface area contributed by atoms with Gasteiger partial charge in [0, 0.05) is 18.3 Å². The molecule has 106 valence electrons. The third kappa shape index (κ3) is 2.79. The first-order valence-corrected chi connectivity index (χ1v) is 7.70. The van der Waals surface area contributed by atoms with Gasteiger partial charge in [-0.15, -0.1) is 0 Å². The average Bonchev–Trinajstić information content (AvgIpc) is 2.47. The summed E-state index contributed by atoms with van der Waals surface area (Å²) in [5.74, 6) is 0. The van der Waals surface area contributed by atoms with Crippen LogP contribution in [0.2, 0.25) is 0 Å². The first kappa shape index (κ1) is 14.4. The second kappa shape index (κ2) is 5.96. The Morgan fingerprint density at radius 2 is 1.95 bits per heavy atom. The predicted octanol–water partition coefficient (Wildman–Crippen LogP) is 3.59. The Morgan fingerprint density at radius 3 is 2.58 bits per heavy atom. The van der Waals surface area contributed by atoms with Crippen molar-refractivity contribution in [3.05, 3.63) is 29.8 Å². The minimum atomic E-state index is 0.263. The normalized spacial score (nSPS) is 19.4. The van der Waals surface area contributed by atoms with Crippen LogP contribution in [-0.4, -0.2) is 19.1 Å². The molecule has 0 aliphatic carbocycles. The molecule has 0 saturated carbocycles. The molecule has 0 radical (unpaired) electrons. The van der Waals surface area contributed by atoms with Crippen LogP contribution in [0.4, 0.5) is 5.69 Å². The Morgan fingerprint density at radius 1 is 1.26 bits per heavy atom. The zero-order valence-electron chi connectivity index (χ0n) is 12.7. The lowest BCUT2D eigenvalue weighted by Gasteiger charge is -2.43. The maximum atomic E-state index is 6.08. The minimum absolute atomic E-state index is 0.263. The molecule has 1 aromatic carbocycles. The highest BCUT2D eigenvalue weighted by Gasteiger charge is 2.31. The Kier molecular flexibility index (Phi) is 4.51. The SMILES string of the molecule is CCC(CC)(CN)CN1c2ccccc2CCC1C. The van der Waals surface area contributed by atoms with Crippen LogP contribution in [0.25, 0.3) is 0 Å². The number of rotatable bonds is 5. The lowest BCUT2D eigenvalue weighted by molar-refractivity contribution is 0.267. The van der Waals surface area contributed by atoms with Crippen LogP contribution in [0.1, 0.15) is 45.6 Å². The van der Waals surface area contributed by atoms with Crippen LogP contribution in [0.5, 0.6) is 0 Å². The summed E-state index contributed by atoms with van der Waals surface area (Å²) in [4.78, 5) is 2.60. The number of fused-ring (bicyclic) bond motifs is 1. The Bertz CT molecular complexity index is 401. The molecule has 0 spiro atoms. The zero-order valence-corrected chi connectivity index (χ0v) is 12.7. The van der Waals surface area contributed by atoms with E-state index >= 15 is 0 Å². The van der Waals surface area contributed by atoms with E-state index in [0.29, 0.717) is 6.04 Å². The zero-order chi connectivity index (χ0) is 13.9. The van der Waals surface area contributed by atoms with Crippen molar-refractivity contribution in [1.29, 1.82) is 0 Å². The third-order valence-electron chi connectivity index (χ3n) is 5.10. The number of hydrogen-bond donors (Lipinski definition) is 1. The van der Waals surface area contributed by atoms with Crippen molar-refractivity contribution in [3.8, 4) is 0 Å². The molecule has 0 bridgehead atoms. The highest BCUT2D eigenvalue weighted by atomic mass is 15.2. The van der Waals surface area contributed by atoms with Gasteiger partial charge in [0.25, 0.3) is 0 Å². The van der Waals surface area contributed by atoms with Gasteiger partial charge in [-0.2, -0.15) is 0 Å². The van der Waals surface area contributed by atoms with Crippen LogP contribution < -0.4 is 10.6 Å². The molecule has 1 aliphatic heterocycles. The maximum Gasteiger partial charge on any atom is 0.0401 e. The molecule has 1 unspecified atom stereocenters. The Balaban J connectivity index is 2.28. The van der Waals surface area contributed by atoms with Crippen LogP contribution in [-0.2, 0) is 6.42 Å². The second-order valence-corrected chi connectivity index (χ2v) is 6.06. The smallest absolute Gasteiger partial charge is 0.0401 e. The van der Waals surface area contributed by atoms with Gasteiger partial charge < -0.3 is 10.6 Å². The van der Waals surface area contributed by atoms with E-state index in [-0.39, 0.29) is 5.41 Å². The number of nitrogens with zero attached hydrogens (tertiary/aromatic N) is 1. The van der Waals surface area contributed by atoms with Gasteiger partial charge in [0.15, 0.2) is 0 Å². The molecule has 0 aromatic heterocycles. The van der Waals surface area contributed by atoms with Crippen molar-refractivity contribution < 1.29 is 0 Å². The number of anilines is 1. The summed E-state index contributed by atoms with van der Waals surface area (Å²) in [6.07, 6.45) is 4.78. The molecule has 0 amide bonds. The topological polar surface area (TPSA) is 29.3 Å². The van der Waals surface area contributed by atoms with E-state index < -0.39 is 0 Å². The molecule has 2 rings (SSSR count). The van der Waals surface area contributed by atoms with Gasteiger partial charge in [-0.25, -0.2) is 0 Å². The van der Waals surface area contributed by atoms with E-state index in [1.54, 1.807) is 0 Å². The molecule has 1 aromatic rings. The molecule has 0 fully saturated rings. The number of aryl methyl sites for hydroxylation is 1. The Hall–Kier alpha value is -1.02.